The third kappa shape index (κ3) is 1.47. The average molecular weight is 162 g/mol. The highest BCUT2D eigenvalue weighted by atomic mass is 14.7. The van der Waals surface area contributed by atoms with E-state index < -0.39 is 0 Å². The summed E-state index contributed by atoms with van der Waals surface area (Å²) in [5, 5.41) is 2.29. The summed E-state index contributed by atoms with van der Waals surface area (Å²) in [4.78, 5) is 6.97. The van der Waals surface area contributed by atoms with E-state index in [9.17, 15) is 0 Å². The number of aryl methyl sites for hydroxylation is 1. The number of aromatic amines is 1. The van der Waals surface area contributed by atoms with E-state index in [0.717, 1.165) is 17.0 Å². The van der Waals surface area contributed by atoms with Crippen molar-refractivity contribution in [1.82, 2.24) is 4.98 Å². The van der Waals surface area contributed by atoms with Gasteiger partial charge in [0.2, 0.25) is 0 Å². The third-order valence-electron chi connectivity index (χ3n) is 1.93. The summed E-state index contributed by atoms with van der Waals surface area (Å²) >= 11 is 0. The quantitative estimate of drug-likeness (QED) is 0.624. The van der Waals surface area contributed by atoms with E-state index in [4.69, 9.17) is 0 Å². The summed E-state index contributed by atoms with van der Waals surface area (Å²) in [6, 6.07) is 0. The number of nitrogens with zero attached hydrogens (tertiary/aromatic N) is 1. The van der Waals surface area contributed by atoms with Crippen LogP contribution in [-0.2, 0) is 6.42 Å². The first-order valence-electron chi connectivity index (χ1n) is 4.12. The van der Waals surface area contributed by atoms with Crippen molar-refractivity contribution >= 4 is 19.0 Å². The van der Waals surface area contributed by atoms with Gasteiger partial charge in [0, 0.05) is 23.0 Å². The molecule has 2 nitrogen and oxygen atoms in total. The molecular formula is C10H14N2. The van der Waals surface area contributed by atoms with Crippen LogP contribution in [0.5, 0.6) is 0 Å². The number of hydrogen-bond acceptors (Lipinski definition) is 1. The minimum Gasteiger partial charge on any atom is -0.361 e. The Morgan fingerprint density at radius 2 is 2.42 bits per heavy atom. The Labute approximate surface area is 72.3 Å². The van der Waals surface area contributed by atoms with Crippen LogP contribution in [-0.4, -0.2) is 11.7 Å². The number of aromatic nitrogens is 1. The van der Waals surface area contributed by atoms with Gasteiger partial charge >= 0.3 is 0 Å². The maximum absolute atomic E-state index is 3.78. The van der Waals surface area contributed by atoms with E-state index in [1.807, 2.05) is 19.2 Å². The SMILES string of the molecule is C=NC=c1c(CC)c[nH]c1=CC. The van der Waals surface area contributed by atoms with Crippen molar-refractivity contribution in [3.63, 3.8) is 0 Å². The molecule has 64 valence electrons. The summed E-state index contributed by atoms with van der Waals surface area (Å²) in [7, 11) is 0. The van der Waals surface area contributed by atoms with Crippen molar-refractivity contribution < 1.29 is 0 Å². The molecule has 0 spiro atoms. The standard InChI is InChI=1S/C10H14N2/c1-4-8-6-12-10(5-2)9(8)7-11-3/h5-7,12H,3-4H2,1-2H3. The van der Waals surface area contributed by atoms with Gasteiger partial charge < -0.3 is 4.98 Å². The lowest BCUT2D eigenvalue weighted by Gasteiger charge is -1.85. The Kier molecular flexibility index (Phi) is 2.86. The molecule has 0 radical (unpaired) electrons. The minimum atomic E-state index is 1.02. The Morgan fingerprint density at radius 1 is 1.67 bits per heavy atom. The van der Waals surface area contributed by atoms with Crippen molar-refractivity contribution in [2.45, 2.75) is 20.3 Å². The Hall–Kier alpha value is -1.31. The predicted octanol–water partition coefficient (Wildman–Crippen LogP) is 0.816. The van der Waals surface area contributed by atoms with Crippen LogP contribution in [0.1, 0.15) is 19.4 Å². The van der Waals surface area contributed by atoms with E-state index in [-0.39, 0.29) is 0 Å². The summed E-state index contributed by atoms with van der Waals surface area (Å²) in [5.74, 6) is 0. The van der Waals surface area contributed by atoms with Crippen molar-refractivity contribution in [3.05, 3.63) is 22.3 Å². The first kappa shape index (κ1) is 8.78. The monoisotopic (exact) mass is 162 g/mol. The topological polar surface area (TPSA) is 28.1 Å². The highest BCUT2D eigenvalue weighted by molar-refractivity contribution is 5.39. The maximum Gasteiger partial charge on any atom is 0.0429 e. The molecule has 0 fully saturated rings. The molecule has 1 N–H and O–H groups in total. The van der Waals surface area contributed by atoms with Gasteiger partial charge in [-0.05, 0) is 25.6 Å². The Balaban J connectivity index is 3.47. The maximum atomic E-state index is 3.78. The van der Waals surface area contributed by atoms with Crippen LogP contribution in [0.4, 0.5) is 0 Å². The first-order valence-corrected chi connectivity index (χ1v) is 4.12. The molecular weight excluding hydrogens is 148 g/mol. The fraction of sp³-hybridized carbons (Fsp3) is 0.300. The number of rotatable bonds is 2. The fourth-order valence-electron chi connectivity index (χ4n) is 1.27. The molecule has 0 aliphatic carbocycles. The predicted molar refractivity (Wildman–Crippen MR) is 53.6 cm³/mol. The van der Waals surface area contributed by atoms with Crippen LogP contribution in [0.2, 0.25) is 0 Å². The molecule has 0 atom stereocenters. The van der Waals surface area contributed by atoms with E-state index in [1.165, 1.54) is 5.56 Å². The molecule has 0 bridgehead atoms. The molecule has 1 aromatic heterocycles. The van der Waals surface area contributed by atoms with E-state index in [1.54, 1.807) is 6.20 Å². The number of hydrogen-bond donors (Lipinski definition) is 1. The summed E-state index contributed by atoms with van der Waals surface area (Å²) in [6.45, 7) is 7.59. The molecule has 0 aromatic carbocycles. The zero-order chi connectivity index (χ0) is 8.97. The second-order valence-electron chi connectivity index (χ2n) is 2.60. The van der Waals surface area contributed by atoms with Crippen LogP contribution in [0.3, 0.4) is 0 Å². The molecule has 0 unspecified atom stereocenters. The average Bonchev–Trinajstić information content (AvgIpc) is 2.48. The van der Waals surface area contributed by atoms with Crippen molar-refractivity contribution in [2.75, 3.05) is 0 Å². The zero-order valence-corrected chi connectivity index (χ0v) is 7.59. The lowest BCUT2D eigenvalue weighted by Crippen LogP contribution is -2.24. The Bertz CT molecular complexity index is 371. The minimum absolute atomic E-state index is 1.02. The summed E-state index contributed by atoms with van der Waals surface area (Å²) < 4.78 is 0. The molecule has 0 amide bonds. The molecule has 0 aliphatic heterocycles. The summed E-state index contributed by atoms with van der Waals surface area (Å²) in [5.41, 5.74) is 1.29. The molecule has 12 heavy (non-hydrogen) atoms. The van der Waals surface area contributed by atoms with Crippen molar-refractivity contribution in [3.8, 4) is 0 Å². The largest absolute Gasteiger partial charge is 0.361 e. The van der Waals surface area contributed by atoms with Crippen molar-refractivity contribution in [1.29, 1.82) is 0 Å². The van der Waals surface area contributed by atoms with Gasteiger partial charge in [0.15, 0.2) is 0 Å². The lowest BCUT2D eigenvalue weighted by molar-refractivity contribution is 1.13. The van der Waals surface area contributed by atoms with Crippen LogP contribution in [0.25, 0.3) is 12.3 Å². The van der Waals surface area contributed by atoms with Gasteiger partial charge in [0.25, 0.3) is 0 Å². The van der Waals surface area contributed by atoms with Gasteiger partial charge in [0.1, 0.15) is 0 Å². The van der Waals surface area contributed by atoms with Gasteiger partial charge in [-0.2, -0.15) is 0 Å². The van der Waals surface area contributed by atoms with Gasteiger partial charge in [-0.25, -0.2) is 0 Å². The second kappa shape index (κ2) is 3.90. The van der Waals surface area contributed by atoms with Crippen LogP contribution >= 0.6 is 0 Å². The normalized spacial score (nSPS) is 13.8. The molecule has 1 aromatic rings. The zero-order valence-electron chi connectivity index (χ0n) is 7.59. The molecule has 1 heterocycles. The van der Waals surface area contributed by atoms with Gasteiger partial charge in [-0.1, -0.05) is 13.0 Å². The van der Waals surface area contributed by atoms with Crippen LogP contribution < -0.4 is 10.6 Å². The molecule has 0 saturated heterocycles. The van der Waals surface area contributed by atoms with Gasteiger partial charge in [-0.15, -0.1) is 0 Å². The highest BCUT2D eigenvalue weighted by Crippen LogP contribution is 1.86. The van der Waals surface area contributed by atoms with E-state index in [2.05, 4.69) is 23.6 Å². The van der Waals surface area contributed by atoms with Crippen LogP contribution in [0.15, 0.2) is 11.2 Å². The fourth-order valence-corrected chi connectivity index (χ4v) is 1.27. The second-order valence-corrected chi connectivity index (χ2v) is 2.60. The number of nitrogens with one attached hydrogen (secondary N) is 1. The molecule has 0 aliphatic rings. The van der Waals surface area contributed by atoms with Gasteiger partial charge in [0.05, 0.1) is 0 Å². The molecule has 0 saturated carbocycles. The number of aliphatic imine (C=N–C) groups is 1. The van der Waals surface area contributed by atoms with Gasteiger partial charge in [-0.3, -0.25) is 4.99 Å². The van der Waals surface area contributed by atoms with Crippen molar-refractivity contribution in [2.24, 2.45) is 4.99 Å². The first-order chi connectivity index (χ1) is 5.83. The smallest absolute Gasteiger partial charge is 0.0429 e. The Morgan fingerprint density at radius 3 is 2.92 bits per heavy atom. The van der Waals surface area contributed by atoms with Crippen LogP contribution in [0, 0.1) is 0 Å². The summed E-state index contributed by atoms with van der Waals surface area (Å²) in [6.07, 6.45) is 6.87. The molecule has 1 rings (SSSR count). The third-order valence-corrected chi connectivity index (χ3v) is 1.93. The molecule has 2 heteroatoms. The highest BCUT2D eigenvalue weighted by Gasteiger charge is 1.94. The number of H-pyrrole nitrogens is 1. The lowest BCUT2D eigenvalue weighted by atomic mass is 10.2. The van der Waals surface area contributed by atoms with E-state index in [0.29, 0.717) is 0 Å². The van der Waals surface area contributed by atoms with E-state index >= 15 is 0 Å².